The van der Waals surface area contributed by atoms with Crippen LogP contribution in [0, 0.1) is 17.2 Å². The van der Waals surface area contributed by atoms with Gasteiger partial charge in [0.2, 0.25) is 0 Å². The molecule has 192 valence electrons. The smallest absolute Gasteiger partial charge is 0.254 e. The van der Waals surface area contributed by atoms with Crippen LogP contribution in [0.4, 0.5) is 0 Å². The number of aromatic nitrogens is 2. The van der Waals surface area contributed by atoms with Crippen LogP contribution in [-0.2, 0) is 17.6 Å². The number of amides is 1. The van der Waals surface area contributed by atoms with E-state index in [2.05, 4.69) is 26.7 Å². The van der Waals surface area contributed by atoms with Gasteiger partial charge >= 0.3 is 0 Å². The number of benzene rings is 1. The van der Waals surface area contributed by atoms with E-state index in [1.807, 2.05) is 24.3 Å². The van der Waals surface area contributed by atoms with Crippen molar-refractivity contribution in [2.75, 3.05) is 19.6 Å². The molecule has 1 aromatic carbocycles. The van der Waals surface area contributed by atoms with Gasteiger partial charge in [-0.05, 0) is 91.5 Å². The van der Waals surface area contributed by atoms with Crippen molar-refractivity contribution < 1.29 is 9.59 Å². The lowest BCUT2D eigenvalue weighted by Gasteiger charge is -2.29. The zero-order valence-corrected chi connectivity index (χ0v) is 21.1. The molecular formula is C30H30N6O2. The number of allylic oxidation sites excluding steroid dienone is 1. The number of nitrogens with one attached hydrogen (secondary N) is 2. The maximum absolute atomic E-state index is 14.4. The summed E-state index contributed by atoms with van der Waals surface area (Å²) in [5.74, 6) is 0.603. The number of piperidine rings is 1. The van der Waals surface area contributed by atoms with Gasteiger partial charge in [-0.3, -0.25) is 24.5 Å². The molecule has 2 aromatic heterocycles. The molecule has 0 unspecified atom stereocenters. The third kappa shape index (κ3) is 5.63. The fourth-order valence-electron chi connectivity index (χ4n) is 5.27. The van der Waals surface area contributed by atoms with Crippen LogP contribution in [0.25, 0.3) is 0 Å². The fraction of sp³-hybridized carbons (Fsp3) is 0.300. The molecule has 0 saturated carbocycles. The van der Waals surface area contributed by atoms with Crippen molar-refractivity contribution in [2.45, 2.75) is 31.2 Å². The molecule has 2 N–H and O–H groups in total. The molecule has 5 rings (SSSR count). The lowest BCUT2D eigenvalue weighted by molar-refractivity contribution is -0.132. The Labute approximate surface area is 222 Å². The molecule has 8 nitrogen and oxygen atoms in total. The van der Waals surface area contributed by atoms with Crippen LogP contribution in [0.3, 0.4) is 0 Å². The highest BCUT2D eigenvalue weighted by molar-refractivity contribution is 6.06. The molecule has 0 radical (unpaired) electrons. The lowest BCUT2D eigenvalue weighted by Crippen LogP contribution is -2.51. The first kappa shape index (κ1) is 25.3. The van der Waals surface area contributed by atoms with Crippen LogP contribution in [0.2, 0.25) is 0 Å². The maximum atomic E-state index is 14.4. The first-order valence-electron chi connectivity index (χ1n) is 12.9. The summed E-state index contributed by atoms with van der Waals surface area (Å²) >= 11 is 0. The van der Waals surface area contributed by atoms with E-state index in [0.29, 0.717) is 42.3 Å². The third-order valence-electron chi connectivity index (χ3n) is 7.29. The molecule has 1 amide bonds. The Bertz CT molecular complexity index is 1300. The Morgan fingerprint density at radius 2 is 1.55 bits per heavy atom. The van der Waals surface area contributed by atoms with E-state index in [1.165, 1.54) is 6.08 Å². The van der Waals surface area contributed by atoms with Crippen LogP contribution in [0.5, 0.6) is 0 Å². The van der Waals surface area contributed by atoms with Crippen LogP contribution in [0.15, 0.2) is 85.2 Å². The molecule has 0 spiro atoms. The number of hydrogen-bond acceptors (Lipinski definition) is 7. The van der Waals surface area contributed by atoms with Gasteiger partial charge in [-0.15, -0.1) is 0 Å². The molecule has 0 atom stereocenters. The Balaban J connectivity index is 1.53. The van der Waals surface area contributed by atoms with Crippen molar-refractivity contribution >= 4 is 11.7 Å². The van der Waals surface area contributed by atoms with Gasteiger partial charge in [0.1, 0.15) is 11.4 Å². The molecule has 8 heteroatoms. The van der Waals surface area contributed by atoms with E-state index in [0.717, 1.165) is 37.1 Å². The standard InChI is InChI=1S/C30H30N6O2/c31-20-24-1-3-26(4-2-24)27(37)17-28-35-30(18-22-5-11-32-12-6-22,19-23-7-13-33-14-8-23)29(38)36(28)21-25-9-15-34-16-10-25/h1-8,11-14,17,25,34-35H,9-10,15-16,18-19,21H2/b28-17+. The lowest BCUT2D eigenvalue weighted by atomic mass is 9.84. The Kier molecular flexibility index (Phi) is 7.57. The third-order valence-corrected chi connectivity index (χ3v) is 7.29. The molecule has 2 aliphatic heterocycles. The van der Waals surface area contributed by atoms with Gasteiger partial charge in [-0.25, -0.2) is 0 Å². The van der Waals surface area contributed by atoms with Crippen LogP contribution in [-0.4, -0.2) is 51.7 Å². The van der Waals surface area contributed by atoms with E-state index < -0.39 is 5.54 Å². The summed E-state index contributed by atoms with van der Waals surface area (Å²) in [6, 6.07) is 16.3. The molecular weight excluding hydrogens is 476 g/mol. The van der Waals surface area contributed by atoms with Crippen LogP contribution in [0.1, 0.15) is 39.9 Å². The summed E-state index contributed by atoms with van der Waals surface area (Å²) in [5.41, 5.74) is 1.96. The van der Waals surface area contributed by atoms with Crippen molar-refractivity contribution in [3.05, 3.63) is 107 Å². The zero-order chi connectivity index (χ0) is 26.4. The first-order valence-corrected chi connectivity index (χ1v) is 12.9. The number of hydrogen-bond donors (Lipinski definition) is 2. The van der Waals surface area contributed by atoms with E-state index in [1.54, 1.807) is 54.0 Å². The number of nitrogens with zero attached hydrogens (tertiary/aromatic N) is 4. The minimum Gasteiger partial charge on any atom is -0.357 e. The zero-order valence-electron chi connectivity index (χ0n) is 21.1. The molecule has 38 heavy (non-hydrogen) atoms. The molecule has 2 aliphatic rings. The molecule has 0 aliphatic carbocycles. The predicted octanol–water partition coefficient (Wildman–Crippen LogP) is 3.03. The largest absolute Gasteiger partial charge is 0.357 e. The fourth-order valence-corrected chi connectivity index (χ4v) is 5.27. The van der Waals surface area contributed by atoms with Gasteiger partial charge in [-0.2, -0.15) is 5.26 Å². The number of rotatable bonds is 8. The molecule has 2 fully saturated rings. The number of ketones is 1. The van der Waals surface area contributed by atoms with Crippen molar-refractivity contribution in [2.24, 2.45) is 5.92 Å². The van der Waals surface area contributed by atoms with Crippen molar-refractivity contribution in [1.29, 1.82) is 5.26 Å². The quantitative estimate of drug-likeness (QED) is 0.357. The Morgan fingerprint density at radius 3 is 2.11 bits per heavy atom. The number of nitriles is 1. The van der Waals surface area contributed by atoms with Gasteiger partial charge in [-0.1, -0.05) is 0 Å². The SMILES string of the molecule is N#Cc1ccc(C(=O)/C=C2\NC(Cc3ccncc3)(Cc3ccncc3)C(=O)N2CC2CCNCC2)cc1. The van der Waals surface area contributed by atoms with E-state index in [4.69, 9.17) is 5.26 Å². The number of pyridine rings is 2. The predicted molar refractivity (Wildman–Crippen MR) is 143 cm³/mol. The minimum atomic E-state index is -0.966. The normalized spacial score (nSPS) is 18.2. The van der Waals surface area contributed by atoms with Crippen molar-refractivity contribution in [3.63, 3.8) is 0 Å². The van der Waals surface area contributed by atoms with Crippen LogP contribution < -0.4 is 10.6 Å². The van der Waals surface area contributed by atoms with Crippen molar-refractivity contribution in [1.82, 2.24) is 25.5 Å². The Hall–Kier alpha value is -4.35. The first-order chi connectivity index (χ1) is 18.6. The van der Waals surface area contributed by atoms with E-state index >= 15 is 0 Å². The van der Waals surface area contributed by atoms with E-state index in [9.17, 15) is 9.59 Å². The highest BCUT2D eigenvalue weighted by Gasteiger charge is 2.49. The van der Waals surface area contributed by atoms with Crippen molar-refractivity contribution in [3.8, 4) is 6.07 Å². The molecule has 0 bridgehead atoms. The Morgan fingerprint density at radius 1 is 0.974 bits per heavy atom. The average Bonchev–Trinajstić information content (AvgIpc) is 3.19. The number of carbonyl (C=O) groups excluding carboxylic acids is 2. The molecule has 2 saturated heterocycles. The topological polar surface area (TPSA) is 111 Å². The summed E-state index contributed by atoms with van der Waals surface area (Å²) in [5, 5.41) is 16.0. The monoisotopic (exact) mass is 506 g/mol. The molecule has 4 heterocycles. The maximum Gasteiger partial charge on any atom is 0.254 e. The van der Waals surface area contributed by atoms with Gasteiger partial charge < -0.3 is 10.6 Å². The van der Waals surface area contributed by atoms with E-state index in [-0.39, 0.29) is 11.7 Å². The van der Waals surface area contributed by atoms with Gasteiger partial charge in [0, 0.05) is 55.8 Å². The van der Waals surface area contributed by atoms with Gasteiger partial charge in [0.25, 0.3) is 5.91 Å². The van der Waals surface area contributed by atoms with Gasteiger partial charge in [0.15, 0.2) is 5.78 Å². The number of carbonyl (C=O) groups is 2. The summed E-state index contributed by atoms with van der Waals surface area (Å²) < 4.78 is 0. The second-order valence-corrected chi connectivity index (χ2v) is 9.96. The second-order valence-electron chi connectivity index (χ2n) is 9.96. The summed E-state index contributed by atoms with van der Waals surface area (Å²) in [4.78, 5) is 37.7. The average molecular weight is 507 g/mol. The highest BCUT2D eigenvalue weighted by atomic mass is 16.2. The van der Waals surface area contributed by atoms with Crippen LogP contribution >= 0.6 is 0 Å². The second kappa shape index (κ2) is 11.4. The summed E-state index contributed by atoms with van der Waals surface area (Å²) in [7, 11) is 0. The summed E-state index contributed by atoms with van der Waals surface area (Å²) in [6.07, 6.45) is 11.3. The highest BCUT2D eigenvalue weighted by Crippen LogP contribution is 2.32. The minimum absolute atomic E-state index is 0.0384. The van der Waals surface area contributed by atoms with Gasteiger partial charge in [0.05, 0.1) is 11.6 Å². The summed E-state index contributed by atoms with van der Waals surface area (Å²) in [6.45, 7) is 2.39. The molecule has 3 aromatic rings.